The molecule has 3 rings (SSSR count). The smallest absolute Gasteiger partial charge is 0.260 e. The lowest BCUT2D eigenvalue weighted by atomic mass is 9.98. The van der Waals surface area contributed by atoms with Gasteiger partial charge < -0.3 is 14.4 Å². The van der Waals surface area contributed by atoms with Gasteiger partial charge in [-0.25, -0.2) is 4.39 Å². The van der Waals surface area contributed by atoms with E-state index >= 15 is 0 Å². The van der Waals surface area contributed by atoms with Gasteiger partial charge in [0, 0.05) is 13.1 Å². The van der Waals surface area contributed by atoms with Crippen molar-refractivity contribution in [1.29, 1.82) is 0 Å². The molecular weight excluding hydrogens is 321 g/mol. The lowest BCUT2D eigenvalue weighted by Crippen LogP contribution is -2.41. The van der Waals surface area contributed by atoms with Crippen LogP contribution in [0.5, 0.6) is 11.5 Å². The van der Waals surface area contributed by atoms with Gasteiger partial charge in [-0.3, -0.25) is 4.79 Å². The molecule has 1 saturated heterocycles. The maximum Gasteiger partial charge on any atom is 0.260 e. The third-order valence-corrected chi connectivity index (χ3v) is 4.37. The molecule has 0 atom stereocenters. The van der Waals surface area contributed by atoms with Gasteiger partial charge in [0.1, 0.15) is 17.3 Å². The van der Waals surface area contributed by atoms with Gasteiger partial charge in [-0.15, -0.1) is 0 Å². The summed E-state index contributed by atoms with van der Waals surface area (Å²) in [7, 11) is 0. The number of halogens is 1. The van der Waals surface area contributed by atoms with Crippen LogP contribution in [0.1, 0.15) is 12.8 Å². The van der Waals surface area contributed by atoms with Crippen molar-refractivity contribution >= 4 is 5.91 Å². The number of hydrogen-bond donors (Lipinski definition) is 0. The van der Waals surface area contributed by atoms with Crippen LogP contribution in [0.15, 0.2) is 54.6 Å². The predicted molar refractivity (Wildman–Crippen MR) is 93.1 cm³/mol. The minimum atomic E-state index is -0.267. The molecule has 132 valence electrons. The lowest BCUT2D eigenvalue weighted by molar-refractivity contribution is -0.134. The van der Waals surface area contributed by atoms with Crippen LogP contribution in [0.2, 0.25) is 0 Å². The van der Waals surface area contributed by atoms with Gasteiger partial charge in [0.15, 0.2) is 6.61 Å². The Morgan fingerprint density at radius 3 is 2.28 bits per heavy atom. The van der Waals surface area contributed by atoms with Crippen molar-refractivity contribution in [1.82, 2.24) is 4.90 Å². The zero-order valence-electron chi connectivity index (χ0n) is 14.1. The highest BCUT2D eigenvalue weighted by Gasteiger charge is 2.23. The van der Waals surface area contributed by atoms with E-state index in [4.69, 9.17) is 9.47 Å². The first-order chi connectivity index (χ1) is 12.2. The fraction of sp³-hybridized carbons (Fsp3) is 0.350. The fourth-order valence-electron chi connectivity index (χ4n) is 2.85. The number of benzene rings is 2. The summed E-state index contributed by atoms with van der Waals surface area (Å²) < 4.78 is 24.1. The second-order valence-electron chi connectivity index (χ2n) is 6.19. The molecule has 0 N–H and O–H groups in total. The first-order valence-electron chi connectivity index (χ1n) is 8.55. The van der Waals surface area contributed by atoms with Crippen molar-refractivity contribution in [2.24, 2.45) is 5.92 Å². The summed E-state index contributed by atoms with van der Waals surface area (Å²) in [5.41, 5.74) is 0. The van der Waals surface area contributed by atoms with Crippen molar-refractivity contribution in [3.05, 3.63) is 60.4 Å². The number of ether oxygens (including phenoxy) is 2. The Labute approximate surface area is 147 Å². The zero-order valence-corrected chi connectivity index (χ0v) is 14.1. The Hall–Kier alpha value is -2.56. The first kappa shape index (κ1) is 17.3. The quantitative estimate of drug-likeness (QED) is 0.805. The molecule has 0 unspecified atom stereocenters. The van der Waals surface area contributed by atoms with Gasteiger partial charge >= 0.3 is 0 Å². The molecule has 2 aromatic carbocycles. The molecule has 1 amide bonds. The maximum absolute atomic E-state index is 12.9. The Morgan fingerprint density at radius 2 is 1.60 bits per heavy atom. The van der Waals surface area contributed by atoms with Gasteiger partial charge in [0.2, 0.25) is 0 Å². The zero-order chi connectivity index (χ0) is 17.5. The van der Waals surface area contributed by atoms with Crippen LogP contribution >= 0.6 is 0 Å². The van der Waals surface area contributed by atoms with Crippen molar-refractivity contribution in [3.8, 4) is 11.5 Å². The number of rotatable bonds is 6. The summed E-state index contributed by atoms with van der Waals surface area (Å²) >= 11 is 0. The molecule has 25 heavy (non-hydrogen) atoms. The number of carbonyl (C=O) groups is 1. The number of para-hydroxylation sites is 1. The van der Waals surface area contributed by atoms with E-state index in [0.29, 0.717) is 37.1 Å². The molecule has 0 radical (unpaired) electrons. The molecule has 0 aromatic heterocycles. The standard InChI is InChI=1S/C20H22FNO3/c21-17-6-8-19(9-7-17)24-14-16-10-12-22(13-11-16)20(23)15-25-18-4-2-1-3-5-18/h1-9,16H,10-15H2. The predicted octanol–water partition coefficient (Wildman–Crippen LogP) is 3.52. The van der Waals surface area contributed by atoms with Gasteiger partial charge in [-0.2, -0.15) is 0 Å². The van der Waals surface area contributed by atoms with E-state index in [1.54, 1.807) is 12.1 Å². The molecule has 0 aliphatic carbocycles. The summed E-state index contributed by atoms with van der Waals surface area (Å²) in [6, 6.07) is 15.4. The van der Waals surface area contributed by atoms with Crippen LogP contribution in [0.4, 0.5) is 4.39 Å². The molecule has 1 aliphatic heterocycles. The SMILES string of the molecule is O=C(COc1ccccc1)N1CCC(COc2ccc(F)cc2)CC1. The number of carbonyl (C=O) groups excluding carboxylic acids is 1. The normalized spacial score (nSPS) is 15.0. The lowest BCUT2D eigenvalue weighted by Gasteiger charge is -2.31. The monoisotopic (exact) mass is 343 g/mol. The summed E-state index contributed by atoms with van der Waals surface area (Å²) in [4.78, 5) is 14.1. The van der Waals surface area contributed by atoms with Gasteiger partial charge in [-0.1, -0.05) is 18.2 Å². The van der Waals surface area contributed by atoms with Crippen molar-refractivity contribution in [3.63, 3.8) is 0 Å². The molecule has 2 aromatic rings. The molecule has 1 aliphatic rings. The number of nitrogens with zero attached hydrogens (tertiary/aromatic N) is 1. The molecule has 1 fully saturated rings. The highest BCUT2D eigenvalue weighted by Crippen LogP contribution is 2.20. The maximum atomic E-state index is 12.9. The fourth-order valence-corrected chi connectivity index (χ4v) is 2.85. The molecule has 5 heteroatoms. The van der Waals surface area contributed by atoms with E-state index in [-0.39, 0.29) is 18.3 Å². The summed E-state index contributed by atoms with van der Waals surface area (Å²) in [6.45, 7) is 2.10. The Balaban J connectivity index is 1.37. The second kappa shape index (κ2) is 8.51. The summed E-state index contributed by atoms with van der Waals surface area (Å²) in [5, 5.41) is 0. The van der Waals surface area contributed by atoms with Crippen LogP contribution in [0.3, 0.4) is 0 Å². The van der Waals surface area contributed by atoms with Crippen LogP contribution in [-0.4, -0.2) is 37.1 Å². The van der Waals surface area contributed by atoms with Crippen LogP contribution in [-0.2, 0) is 4.79 Å². The third-order valence-electron chi connectivity index (χ3n) is 4.37. The van der Waals surface area contributed by atoms with E-state index in [1.165, 1.54) is 12.1 Å². The topological polar surface area (TPSA) is 38.8 Å². The van der Waals surface area contributed by atoms with Crippen molar-refractivity contribution in [2.75, 3.05) is 26.3 Å². The largest absolute Gasteiger partial charge is 0.493 e. The van der Waals surface area contributed by atoms with Crippen LogP contribution in [0.25, 0.3) is 0 Å². The number of likely N-dealkylation sites (tertiary alicyclic amines) is 1. The average molecular weight is 343 g/mol. The van der Waals surface area contributed by atoms with E-state index in [0.717, 1.165) is 12.8 Å². The van der Waals surface area contributed by atoms with Crippen molar-refractivity contribution in [2.45, 2.75) is 12.8 Å². The van der Waals surface area contributed by atoms with E-state index in [1.807, 2.05) is 35.2 Å². The number of piperidine rings is 1. The average Bonchev–Trinajstić information content (AvgIpc) is 2.67. The molecule has 0 saturated carbocycles. The third kappa shape index (κ3) is 5.21. The Bertz CT molecular complexity index is 667. The summed E-state index contributed by atoms with van der Waals surface area (Å²) in [6.07, 6.45) is 1.80. The minimum absolute atomic E-state index is 0.0155. The van der Waals surface area contributed by atoms with Crippen molar-refractivity contribution < 1.29 is 18.7 Å². The van der Waals surface area contributed by atoms with E-state index < -0.39 is 0 Å². The Morgan fingerprint density at radius 1 is 0.960 bits per heavy atom. The van der Waals surface area contributed by atoms with Gasteiger partial charge in [0.05, 0.1) is 6.61 Å². The summed E-state index contributed by atoms with van der Waals surface area (Å²) in [5.74, 6) is 1.54. The van der Waals surface area contributed by atoms with Gasteiger partial charge in [-0.05, 0) is 55.2 Å². The molecule has 4 nitrogen and oxygen atoms in total. The van der Waals surface area contributed by atoms with Crippen LogP contribution < -0.4 is 9.47 Å². The number of hydrogen-bond acceptors (Lipinski definition) is 3. The Kier molecular flexibility index (Phi) is 5.88. The highest BCUT2D eigenvalue weighted by atomic mass is 19.1. The van der Waals surface area contributed by atoms with E-state index in [9.17, 15) is 9.18 Å². The number of amides is 1. The molecule has 0 bridgehead atoms. The molecule has 1 heterocycles. The van der Waals surface area contributed by atoms with E-state index in [2.05, 4.69) is 0 Å². The minimum Gasteiger partial charge on any atom is -0.493 e. The van der Waals surface area contributed by atoms with Crippen LogP contribution in [0, 0.1) is 11.7 Å². The first-order valence-corrected chi connectivity index (χ1v) is 8.55. The molecule has 0 spiro atoms. The second-order valence-corrected chi connectivity index (χ2v) is 6.19. The highest BCUT2D eigenvalue weighted by molar-refractivity contribution is 5.77. The van der Waals surface area contributed by atoms with Gasteiger partial charge in [0.25, 0.3) is 5.91 Å². The molecular formula is C20H22FNO3.